The fraction of sp³-hybridized carbons (Fsp3) is 0.647. The van der Waals surface area contributed by atoms with E-state index in [2.05, 4.69) is 26.0 Å². The van der Waals surface area contributed by atoms with Crippen molar-refractivity contribution in [3.05, 3.63) is 28.3 Å². The fourth-order valence-corrected chi connectivity index (χ4v) is 3.90. The highest BCUT2D eigenvalue weighted by Gasteiger charge is 2.33. The van der Waals surface area contributed by atoms with Gasteiger partial charge >= 0.3 is 0 Å². The molecule has 0 aromatic heterocycles. The number of benzene rings is 1. The quantitative estimate of drug-likeness (QED) is 0.879. The van der Waals surface area contributed by atoms with Crippen LogP contribution in [0.4, 0.5) is 0 Å². The van der Waals surface area contributed by atoms with E-state index in [1.165, 1.54) is 24.8 Å². The lowest BCUT2D eigenvalue weighted by Crippen LogP contribution is -2.37. The van der Waals surface area contributed by atoms with Gasteiger partial charge in [0, 0.05) is 22.5 Å². The summed E-state index contributed by atoms with van der Waals surface area (Å²) in [6.07, 6.45) is 6.14. The van der Waals surface area contributed by atoms with E-state index in [0.29, 0.717) is 12.5 Å². The standard InChI is InChI=1S/C17H26ClNO/c1-12(2)16-14(18)9-13(10-15(16)20-3)17(11-19)7-5-4-6-8-17/h9-10,12H,4-8,11,19H2,1-3H3. The van der Waals surface area contributed by atoms with Crippen LogP contribution in [0.5, 0.6) is 5.75 Å². The molecule has 0 aliphatic heterocycles. The van der Waals surface area contributed by atoms with Gasteiger partial charge < -0.3 is 10.5 Å². The summed E-state index contributed by atoms with van der Waals surface area (Å²) in [5.41, 5.74) is 8.57. The molecule has 3 heteroatoms. The summed E-state index contributed by atoms with van der Waals surface area (Å²) in [5.74, 6) is 1.26. The maximum Gasteiger partial charge on any atom is 0.124 e. The predicted octanol–water partition coefficient (Wildman–Crippen LogP) is 4.63. The zero-order chi connectivity index (χ0) is 14.8. The molecular formula is C17H26ClNO. The van der Waals surface area contributed by atoms with Gasteiger partial charge in [0.1, 0.15) is 5.75 Å². The lowest BCUT2D eigenvalue weighted by molar-refractivity contribution is 0.299. The molecule has 0 bridgehead atoms. The number of hydrogen-bond donors (Lipinski definition) is 1. The van der Waals surface area contributed by atoms with Crippen LogP contribution in [-0.4, -0.2) is 13.7 Å². The van der Waals surface area contributed by atoms with E-state index >= 15 is 0 Å². The van der Waals surface area contributed by atoms with Crippen LogP contribution in [0.15, 0.2) is 12.1 Å². The molecule has 0 radical (unpaired) electrons. The first-order chi connectivity index (χ1) is 9.54. The first-order valence-electron chi connectivity index (χ1n) is 7.62. The number of rotatable bonds is 4. The average Bonchev–Trinajstić information content (AvgIpc) is 2.46. The van der Waals surface area contributed by atoms with Crippen molar-refractivity contribution in [3.63, 3.8) is 0 Å². The van der Waals surface area contributed by atoms with Crippen molar-refractivity contribution in [3.8, 4) is 5.75 Å². The van der Waals surface area contributed by atoms with Crippen molar-refractivity contribution in [2.45, 2.75) is 57.3 Å². The number of hydrogen-bond acceptors (Lipinski definition) is 2. The molecule has 1 aliphatic carbocycles. The van der Waals surface area contributed by atoms with E-state index in [9.17, 15) is 0 Å². The van der Waals surface area contributed by atoms with Crippen LogP contribution < -0.4 is 10.5 Å². The van der Waals surface area contributed by atoms with Crippen LogP contribution in [-0.2, 0) is 5.41 Å². The summed E-state index contributed by atoms with van der Waals surface area (Å²) in [5, 5.41) is 0.813. The third-order valence-corrected chi connectivity index (χ3v) is 5.02. The largest absolute Gasteiger partial charge is 0.496 e. The van der Waals surface area contributed by atoms with Gasteiger partial charge in [-0.3, -0.25) is 0 Å². The molecule has 2 rings (SSSR count). The van der Waals surface area contributed by atoms with Crippen molar-refractivity contribution in [1.82, 2.24) is 0 Å². The highest BCUT2D eigenvalue weighted by atomic mass is 35.5. The average molecular weight is 296 g/mol. The molecule has 1 aliphatic rings. The van der Waals surface area contributed by atoms with Crippen molar-refractivity contribution in [2.24, 2.45) is 5.73 Å². The molecule has 0 amide bonds. The zero-order valence-corrected chi connectivity index (χ0v) is 13.6. The molecule has 0 saturated heterocycles. The van der Waals surface area contributed by atoms with Crippen molar-refractivity contribution < 1.29 is 4.74 Å². The maximum atomic E-state index is 6.53. The molecule has 1 aromatic carbocycles. The Labute approximate surface area is 127 Å². The topological polar surface area (TPSA) is 35.2 Å². The van der Waals surface area contributed by atoms with Gasteiger partial charge in [-0.15, -0.1) is 0 Å². The van der Waals surface area contributed by atoms with Gasteiger partial charge in [-0.2, -0.15) is 0 Å². The highest BCUT2D eigenvalue weighted by Crippen LogP contribution is 2.43. The highest BCUT2D eigenvalue weighted by molar-refractivity contribution is 6.31. The molecule has 0 unspecified atom stereocenters. The van der Waals surface area contributed by atoms with E-state index in [0.717, 1.165) is 29.2 Å². The molecule has 0 atom stereocenters. The summed E-state index contributed by atoms with van der Waals surface area (Å²) in [6, 6.07) is 4.29. The minimum absolute atomic E-state index is 0.0880. The molecule has 1 aromatic rings. The minimum atomic E-state index is 0.0880. The molecule has 0 spiro atoms. The summed E-state index contributed by atoms with van der Waals surface area (Å²) in [7, 11) is 1.72. The molecule has 112 valence electrons. The monoisotopic (exact) mass is 295 g/mol. The number of nitrogens with two attached hydrogens (primary N) is 1. The van der Waals surface area contributed by atoms with Crippen LogP contribution in [0, 0.1) is 0 Å². The smallest absolute Gasteiger partial charge is 0.124 e. The second-order valence-corrected chi connectivity index (χ2v) is 6.68. The first-order valence-corrected chi connectivity index (χ1v) is 8.00. The molecule has 2 N–H and O–H groups in total. The Kier molecular flexibility index (Phi) is 4.98. The Morgan fingerprint density at radius 1 is 1.25 bits per heavy atom. The Bertz CT molecular complexity index is 464. The second-order valence-electron chi connectivity index (χ2n) is 6.27. The van der Waals surface area contributed by atoms with Gasteiger partial charge in [-0.05, 0) is 36.5 Å². The van der Waals surface area contributed by atoms with E-state index in [-0.39, 0.29) is 5.41 Å². The third kappa shape index (κ3) is 2.82. The molecular weight excluding hydrogens is 270 g/mol. The molecule has 1 saturated carbocycles. The Morgan fingerprint density at radius 3 is 2.40 bits per heavy atom. The van der Waals surface area contributed by atoms with E-state index in [1.54, 1.807) is 7.11 Å². The van der Waals surface area contributed by atoms with Gasteiger partial charge in [0.05, 0.1) is 7.11 Å². The Morgan fingerprint density at radius 2 is 1.90 bits per heavy atom. The van der Waals surface area contributed by atoms with E-state index < -0.39 is 0 Å². The maximum absolute atomic E-state index is 6.53. The fourth-order valence-electron chi connectivity index (χ4n) is 3.47. The summed E-state index contributed by atoms with van der Waals surface area (Å²) in [6.45, 7) is 4.97. The zero-order valence-electron chi connectivity index (χ0n) is 12.8. The van der Waals surface area contributed by atoms with Gasteiger partial charge in [0.15, 0.2) is 0 Å². The van der Waals surface area contributed by atoms with E-state index in [1.807, 2.05) is 0 Å². The van der Waals surface area contributed by atoms with Gasteiger partial charge in [0.2, 0.25) is 0 Å². The minimum Gasteiger partial charge on any atom is -0.496 e. The second kappa shape index (κ2) is 6.36. The third-order valence-electron chi connectivity index (χ3n) is 4.70. The summed E-state index contributed by atoms with van der Waals surface area (Å²) in [4.78, 5) is 0. The van der Waals surface area contributed by atoms with Crippen LogP contribution in [0.2, 0.25) is 5.02 Å². The normalized spacial score (nSPS) is 18.3. The number of methoxy groups -OCH3 is 1. The molecule has 0 heterocycles. The van der Waals surface area contributed by atoms with Crippen molar-refractivity contribution >= 4 is 11.6 Å². The summed E-state index contributed by atoms with van der Waals surface area (Å²) >= 11 is 6.53. The first kappa shape index (κ1) is 15.7. The number of halogens is 1. The van der Waals surface area contributed by atoms with Crippen molar-refractivity contribution in [2.75, 3.05) is 13.7 Å². The van der Waals surface area contributed by atoms with Gasteiger partial charge in [-0.25, -0.2) is 0 Å². The van der Waals surface area contributed by atoms with Crippen LogP contribution >= 0.6 is 11.6 Å². The van der Waals surface area contributed by atoms with Crippen LogP contribution in [0.1, 0.15) is 63.0 Å². The van der Waals surface area contributed by atoms with Gasteiger partial charge in [-0.1, -0.05) is 44.7 Å². The molecule has 1 fully saturated rings. The van der Waals surface area contributed by atoms with Crippen LogP contribution in [0.25, 0.3) is 0 Å². The Hall–Kier alpha value is -0.730. The van der Waals surface area contributed by atoms with Gasteiger partial charge in [0.25, 0.3) is 0 Å². The molecule has 20 heavy (non-hydrogen) atoms. The molecule has 2 nitrogen and oxygen atoms in total. The SMILES string of the molecule is COc1cc(C2(CN)CCCCC2)cc(Cl)c1C(C)C. The lowest BCUT2D eigenvalue weighted by atomic mass is 9.69. The Balaban J connectivity index is 2.49. The summed E-state index contributed by atoms with van der Waals surface area (Å²) < 4.78 is 5.58. The van der Waals surface area contributed by atoms with E-state index in [4.69, 9.17) is 22.1 Å². The lowest BCUT2D eigenvalue weighted by Gasteiger charge is -2.37. The predicted molar refractivity (Wildman–Crippen MR) is 85.9 cm³/mol. The van der Waals surface area contributed by atoms with Crippen molar-refractivity contribution in [1.29, 1.82) is 0 Å². The van der Waals surface area contributed by atoms with Crippen LogP contribution in [0.3, 0.4) is 0 Å². The number of ether oxygens (including phenoxy) is 1.